The monoisotopic (exact) mass is 241 g/mol. The molecule has 0 aliphatic carbocycles. The molecular weight excluding hydrogens is 230 g/mol. The molecule has 4 heteroatoms. The third kappa shape index (κ3) is 2.67. The lowest BCUT2D eigenvalue weighted by Gasteiger charge is -2.13. The van der Waals surface area contributed by atoms with E-state index in [1.807, 2.05) is 24.3 Å². The van der Waals surface area contributed by atoms with Crippen LogP contribution in [0, 0.1) is 0 Å². The molecule has 1 fully saturated rings. The van der Waals surface area contributed by atoms with E-state index in [9.17, 15) is 4.79 Å². The van der Waals surface area contributed by atoms with Crippen LogP contribution in [0.2, 0.25) is 5.02 Å². The summed E-state index contributed by atoms with van der Waals surface area (Å²) >= 11 is 7.90. The van der Waals surface area contributed by atoms with Gasteiger partial charge in [0.25, 0.3) is 0 Å². The normalized spacial score (nSPS) is 21.9. The second-order valence-corrected chi connectivity index (χ2v) is 5.15. The standard InChI is InChI=1S/C11H12ClNOS/c12-9-4-2-1-3-8(9)10-7-11(14)13-5-6-15-10/h1-4,10H,5-7H2,(H,13,14). The average molecular weight is 242 g/mol. The summed E-state index contributed by atoms with van der Waals surface area (Å²) in [5.41, 5.74) is 1.07. The Kier molecular flexibility index (Phi) is 3.54. The van der Waals surface area contributed by atoms with Crippen molar-refractivity contribution >= 4 is 29.3 Å². The largest absolute Gasteiger partial charge is 0.355 e. The molecule has 15 heavy (non-hydrogen) atoms. The highest BCUT2D eigenvalue weighted by Gasteiger charge is 2.21. The van der Waals surface area contributed by atoms with E-state index in [4.69, 9.17) is 11.6 Å². The number of nitrogens with one attached hydrogen (secondary N) is 1. The first kappa shape index (κ1) is 10.8. The number of carbonyl (C=O) groups is 1. The Morgan fingerprint density at radius 2 is 2.20 bits per heavy atom. The summed E-state index contributed by atoms with van der Waals surface area (Å²) < 4.78 is 0. The minimum absolute atomic E-state index is 0.116. The van der Waals surface area contributed by atoms with Crippen LogP contribution >= 0.6 is 23.4 Å². The van der Waals surface area contributed by atoms with Gasteiger partial charge in [0.15, 0.2) is 0 Å². The van der Waals surface area contributed by atoms with Gasteiger partial charge >= 0.3 is 0 Å². The molecule has 0 spiro atoms. The molecule has 1 saturated heterocycles. The van der Waals surface area contributed by atoms with E-state index in [-0.39, 0.29) is 11.2 Å². The SMILES string of the molecule is O=C1CC(c2ccccc2Cl)SCCN1. The van der Waals surface area contributed by atoms with Crippen molar-refractivity contribution in [3.05, 3.63) is 34.9 Å². The molecule has 0 bridgehead atoms. The molecule has 1 N–H and O–H groups in total. The fourth-order valence-electron chi connectivity index (χ4n) is 1.63. The molecule has 0 aromatic heterocycles. The molecule has 0 radical (unpaired) electrons. The summed E-state index contributed by atoms with van der Waals surface area (Å²) in [7, 11) is 0. The van der Waals surface area contributed by atoms with Crippen molar-refractivity contribution in [2.24, 2.45) is 0 Å². The van der Waals surface area contributed by atoms with Crippen LogP contribution in [-0.4, -0.2) is 18.2 Å². The minimum atomic E-state index is 0.116. The van der Waals surface area contributed by atoms with Crippen LogP contribution in [0.5, 0.6) is 0 Å². The lowest BCUT2D eigenvalue weighted by Crippen LogP contribution is -2.23. The number of hydrogen-bond donors (Lipinski definition) is 1. The van der Waals surface area contributed by atoms with Crippen molar-refractivity contribution in [1.82, 2.24) is 5.32 Å². The Hall–Kier alpha value is -0.670. The van der Waals surface area contributed by atoms with E-state index in [1.165, 1.54) is 0 Å². The van der Waals surface area contributed by atoms with Crippen LogP contribution in [0.3, 0.4) is 0 Å². The molecule has 1 aromatic rings. The third-order valence-electron chi connectivity index (χ3n) is 2.37. The van der Waals surface area contributed by atoms with Gasteiger partial charge in [-0.3, -0.25) is 4.79 Å². The number of carbonyl (C=O) groups excluding carboxylic acids is 1. The number of thioether (sulfide) groups is 1. The Bertz CT molecular complexity index is 369. The lowest BCUT2D eigenvalue weighted by molar-refractivity contribution is -0.120. The molecule has 2 nitrogen and oxygen atoms in total. The first-order valence-electron chi connectivity index (χ1n) is 4.90. The highest BCUT2D eigenvalue weighted by Crippen LogP contribution is 2.36. The molecule has 1 atom stereocenters. The van der Waals surface area contributed by atoms with E-state index in [0.29, 0.717) is 6.42 Å². The molecule has 1 heterocycles. The fourth-order valence-corrected chi connectivity index (χ4v) is 3.12. The van der Waals surface area contributed by atoms with Crippen LogP contribution in [0.25, 0.3) is 0 Å². The molecule has 1 aromatic carbocycles. The van der Waals surface area contributed by atoms with E-state index in [0.717, 1.165) is 22.9 Å². The topological polar surface area (TPSA) is 29.1 Å². The maximum absolute atomic E-state index is 11.4. The number of benzene rings is 1. The van der Waals surface area contributed by atoms with Crippen LogP contribution in [0.1, 0.15) is 17.2 Å². The molecule has 1 unspecified atom stereocenters. The predicted octanol–water partition coefficient (Wildman–Crippen LogP) is 2.63. The van der Waals surface area contributed by atoms with Crippen molar-refractivity contribution < 1.29 is 4.79 Å². The smallest absolute Gasteiger partial charge is 0.221 e. The molecular formula is C11H12ClNOS. The average Bonchev–Trinajstić information content (AvgIpc) is 2.43. The van der Waals surface area contributed by atoms with Crippen molar-refractivity contribution in [2.45, 2.75) is 11.7 Å². The van der Waals surface area contributed by atoms with Crippen LogP contribution in [0.15, 0.2) is 24.3 Å². The number of hydrogen-bond acceptors (Lipinski definition) is 2. The number of halogens is 1. The van der Waals surface area contributed by atoms with Crippen molar-refractivity contribution in [3.63, 3.8) is 0 Å². The summed E-state index contributed by atoms with van der Waals surface area (Å²) in [6.45, 7) is 0.754. The van der Waals surface area contributed by atoms with Gasteiger partial charge in [0.2, 0.25) is 5.91 Å². The zero-order valence-electron chi connectivity index (χ0n) is 8.20. The van der Waals surface area contributed by atoms with Crippen molar-refractivity contribution in [3.8, 4) is 0 Å². The van der Waals surface area contributed by atoms with Gasteiger partial charge in [-0.2, -0.15) is 11.8 Å². The number of amides is 1. The van der Waals surface area contributed by atoms with Crippen LogP contribution < -0.4 is 5.32 Å². The van der Waals surface area contributed by atoms with Crippen LogP contribution in [0.4, 0.5) is 0 Å². The van der Waals surface area contributed by atoms with Gasteiger partial charge in [0.1, 0.15) is 0 Å². The quantitative estimate of drug-likeness (QED) is 0.819. The zero-order chi connectivity index (χ0) is 10.7. The highest BCUT2D eigenvalue weighted by atomic mass is 35.5. The predicted molar refractivity (Wildman–Crippen MR) is 64.3 cm³/mol. The third-order valence-corrected chi connectivity index (χ3v) is 3.97. The lowest BCUT2D eigenvalue weighted by atomic mass is 10.1. The molecule has 2 rings (SSSR count). The van der Waals surface area contributed by atoms with Gasteiger partial charge < -0.3 is 5.32 Å². The summed E-state index contributed by atoms with van der Waals surface area (Å²) in [4.78, 5) is 11.4. The second kappa shape index (κ2) is 4.90. The van der Waals surface area contributed by atoms with E-state index >= 15 is 0 Å². The Balaban J connectivity index is 2.22. The molecule has 0 saturated carbocycles. The van der Waals surface area contributed by atoms with Gasteiger partial charge in [-0.15, -0.1) is 0 Å². The zero-order valence-corrected chi connectivity index (χ0v) is 9.77. The summed E-state index contributed by atoms with van der Waals surface area (Å²) in [5.74, 6) is 1.06. The minimum Gasteiger partial charge on any atom is -0.355 e. The summed E-state index contributed by atoms with van der Waals surface area (Å²) in [5, 5.41) is 3.81. The fraction of sp³-hybridized carbons (Fsp3) is 0.364. The molecule has 1 aliphatic rings. The van der Waals surface area contributed by atoms with E-state index < -0.39 is 0 Å². The molecule has 80 valence electrons. The van der Waals surface area contributed by atoms with Crippen molar-refractivity contribution in [2.75, 3.05) is 12.3 Å². The van der Waals surface area contributed by atoms with Gasteiger partial charge in [-0.1, -0.05) is 29.8 Å². The maximum Gasteiger partial charge on any atom is 0.221 e. The highest BCUT2D eigenvalue weighted by molar-refractivity contribution is 7.99. The summed E-state index contributed by atoms with van der Waals surface area (Å²) in [6.07, 6.45) is 0.522. The van der Waals surface area contributed by atoms with Gasteiger partial charge in [-0.25, -0.2) is 0 Å². The van der Waals surface area contributed by atoms with E-state index in [2.05, 4.69) is 5.32 Å². The van der Waals surface area contributed by atoms with Gasteiger partial charge in [0, 0.05) is 29.0 Å². The van der Waals surface area contributed by atoms with Gasteiger partial charge in [-0.05, 0) is 11.6 Å². The molecule has 1 aliphatic heterocycles. The molecule has 1 amide bonds. The Morgan fingerprint density at radius 1 is 1.40 bits per heavy atom. The van der Waals surface area contributed by atoms with E-state index in [1.54, 1.807) is 11.8 Å². The first-order chi connectivity index (χ1) is 7.27. The Labute approximate surface area is 98.4 Å². The summed E-state index contributed by atoms with van der Waals surface area (Å²) in [6, 6.07) is 7.75. The van der Waals surface area contributed by atoms with Crippen LogP contribution in [-0.2, 0) is 4.79 Å². The van der Waals surface area contributed by atoms with Crippen molar-refractivity contribution in [1.29, 1.82) is 0 Å². The second-order valence-electron chi connectivity index (χ2n) is 3.44. The number of rotatable bonds is 1. The Morgan fingerprint density at radius 3 is 3.00 bits per heavy atom. The first-order valence-corrected chi connectivity index (χ1v) is 6.33. The van der Waals surface area contributed by atoms with Gasteiger partial charge in [0.05, 0.1) is 0 Å². The maximum atomic E-state index is 11.4.